The quantitative estimate of drug-likeness (QED) is 0.0369. The maximum atomic E-state index is 13.7. The molecule has 1 saturated heterocycles. The number of carbonyl (C=O) groups is 2. The number of nitrogens with zero attached hydrogens (tertiary/aromatic N) is 3. The van der Waals surface area contributed by atoms with E-state index >= 15 is 0 Å². The smallest absolute Gasteiger partial charge is 0.259 e. The summed E-state index contributed by atoms with van der Waals surface area (Å²) in [6.07, 6.45) is -0.893. The Balaban J connectivity index is 1.49. The Kier molecular flexibility index (Phi) is 15.6. The molecule has 0 radical (unpaired) electrons. The number of hydrogen-bond donors (Lipinski definition) is 0. The Labute approximate surface area is 354 Å². The number of methoxy groups -OCH3 is 2. The molecule has 0 aromatic heterocycles. The standard InChI is InChI=1S/C47H54N3O9P/c1-33(2)50(34(3)4)60(57-29-13-27-48)59-44-42(58-46(49-28-26-39(51)30-43(49)52)45(44)55-31-35-14-9-7-10-15-35)32-56-47(36-16-11-8-12-17-36,37-18-22-40(53-5)23-19-37)38-20-24-41(54-6)25-21-38/h7-12,14-26,28,33-34,42,44-46H,13,29-32H2,1-6H3/t42?,44-,45-,46-,60?/m1/s1. The number of benzene rings is 4. The van der Waals surface area contributed by atoms with E-state index in [0.717, 1.165) is 22.3 Å². The number of allylic oxidation sites excluding steroid dienone is 1. The van der Waals surface area contributed by atoms with Crippen LogP contribution in [0.5, 0.6) is 11.5 Å². The molecule has 2 heterocycles. The van der Waals surface area contributed by atoms with Crippen molar-refractivity contribution in [1.82, 2.24) is 9.57 Å². The lowest BCUT2D eigenvalue weighted by Crippen LogP contribution is -2.48. The summed E-state index contributed by atoms with van der Waals surface area (Å²) in [5.74, 6) is 0.655. The van der Waals surface area contributed by atoms with Gasteiger partial charge in [0.05, 0.1) is 53.0 Å². The third kappa shape index (κ3) is 10.3. The number of carbonyl (C=O) groups excluding carboxylic acids is 2. The highest BCUT2D eigenvalue weighted by atomic mass is 31.2. The predicted octanol–water partition coefficient (Wildman–Crippen LogP) is 8.30. The van der Waals surface area contributed by atoms with Crippen LogP contribution in [0.3, 0.4) is 0 Å². The molecule has 60 heavy (non-hydrogen) atoms. The van der Waals surface area contributed by atoms with Crippen LogP contribution >= 0.6 is 8.53 Å². The first kappa shape index (κ1) is 44.6. The van der Waals surface area contributed by atoms with Crippen molar-refractivity contribution in [3.63, 3.8) is 0 Å². The molecule has 6 rings (SSSR count). The van der Waals surface area contributed by atoms with Crippen molar-refractivity contribution in [2.45, 2.75) is 89.4 Å². The van der Waals surface area contributed by atoms with Crippen LogP contribution in [0.1, 0.15) is 62.8 Å². The van der Waals surface area contributed by atoms with Crippen LogP contribution in [0, 0.1) is 11.3 Å². The molecule has 0 saturated carbocycles. The molecule has 12 nitrogen and oxygen atoms in total. The third-order valence-electron chi connectivity index (χ3n) is 10.4. The van der Waals surface area contributed by atoms with E-state index in [0.29, 0.717) is 11.5 Å². The molecule has 0 aliphatic carbocycles. The second-order valence-corrected chi connectivity index (χ2v) is 16.4. The largest absolute Gasteiger partial charge is 0.497 e. The Morgan fingerprint density at radius 1 is 0.817 bits per heavy atom. The minimum Gasteiger partial charge on any atom is -0.497 e. The monoisotopic (exact) mass is 835 g/mol. The van der Waals surface area contributed by atoms with Gasteiger partial charge in [0.1, 0.15) is 35.4 Å². The summed E-state index contributed by atoms with van der Waals surface area (Å²) in [5, 5.41) is 9.48. The van der Waals surface area contributed by atoms with Crippen LogP contribution in [0.25, 0.3) is 0 Å². The topological polar surface area (TPSA) is 129 Å². The highest BCUT2D eigenvalue weighted by Crippen LogP contribution is 2.51. The molecular formula is C47H54N3O9P. The maximum Gasteiger partial charge on any atom is 0.259 e. The van der Waals surface area contributed by atoms with Crippen LogP contribution in [0.2, 0.25) is 0 Å². The van der Waals surface area contributed by atoms with Crippen molar-refractivity contribution in [3.8, 4) is 17.6 Å². The molecular weight excluding hydrogens is 782 g/mol. The summed E-state index contributed by atoms with van der Waals surface area (Å²) in [7, 11) is 1.43. The number of amides is 1. The van der Waals surface area contributed by atoms with Gasteiger partial charge < -0.3 is 32.7 Å². The average molecular weight is 836 g/mol. The van der Waals surface area contributed by atoms with Crippen LogP contribution in [-0.4, -0.2) is 85.3 Å². The molecule has 5 atom stereocenters. The molecule has 0 bridgehead atoms. The first-order valence-electron chi connectivity index (χ1n) is 20.2. The number of ketones is 1. The van der Waals surface area contributed by atoms with E-state index < -0.39 is 44.6 Å². The summed E-state index contributed by atoms with van der Waals surface area (Å²) < 4.78 is 47.9. The molecule has 2 aliphatic heterocycles. The number of ether oxygens (including phenoxy) is 5. The van der Waals surface area contributed by atoms with E-state index in [9.17, 15) is 14.9 Å². The minimum atomic E-state index is -1.82. The highest BCUT2D eigenvalue weighted by molar-refractivity contribution is 7.44. The van der Waals surface area contributed by atoms with Crippen molar-refractivity contribution in [2.24, 2.45) is 0 Å². The lowest BCUT2D eigenvalue weighted by atomic mass is 9.80. The van der Waals surface area contributed by atoms with Gasteiger partial charge in [-0.15, -0.1) is 0 Å². The van der Waals surface area contributed by atoms with Crippen molar-refractivity contribution >= 4 is 20.2 Å². The van der Waals surface area contributed by atoms with Gasteiger partial charge in [-0.05, 0) is 80.3 Å². The number of hydrogen-bond acceptors (Lipinski definition) is 11. The van der Waals surface area contributed by atoms with Gasteiger partial charge in [-0.1, -0.05) is 84.9 Å². The second-order valence-electron chi connectivity index (χ2n) is 15.0. The van der Waals surface area contributed by atoms with Crippen LogP contribution in [0.4, 0.5) is 0 Å². The van der Waals surface area contributed by atoms with E-state index in [-0.39, 0.29) is 50.5 Å². The summed E-state index contributed by atoms with van der Waals surface area (Å²) in [5.41, 5.74) is 2.21. The van der Waals surface area contributed by atoms with Crippen LogP contribution < -0.4 is 9.47 Å². The zero-order valence-corrected chi connectivity index (χ0v) is 35.9. The van der Waals surface area contributed by atoms with Gasteiger partial charge >= 0.3 is 0 Å². The predicted molar refractivity (Wildman–Crippen MR) is 228 cm³/mol. The fraction of sp³-hybridized carbons (Fsp3) is 0.383. The normalized spacial score (nSPS) is 19.9. The Morgan fingerprint density at radius 3 is 1.92 bits per heavy atom. The SMILES string of the molecule is COc1ccc(C(OCC2O[C@@H](N3C=CC(=O)CC3=O)[C@H](OCc3ccccc3)[C@@H]2OP(OCCC#N)N(C(C)C)C(C)C)(c2ccccc2)c2ccc(OC)cc2)cc1. The first-order chi connectivity index (χ1) is 29.1. The molecule has 1 amide bonds. The molecule has 2 unspecified atom stereocenters. The van der Waals surface area contributed by atoms with Gasteiger partial charge in [-0.25, -0.2) is 4.67 Å². The van der Waals surface area contributed by atoms with E-state index in [4.69, 9.17) is 32.7 Å². The molecule has 0 N–H and O–H groups in total. The molecule has 0 spiro atoms. The fourth-order valence-electron chi connectivity index (χ4n) is 7.59. The van der Waals surface area contributed by atoms with Gasteiger partial charge in [-0.2, -0.15) is 5.26 Å². The van der Waals surface area contributed by atoms with Crippen molar-refractivity contribution in [1.29, 1.82) is 5.26 Å². The summed E-state index contributed by atoms with van der Waals surface area (Å²) in [4.78, 5) is 27.5. The molecule has 2 aliphatic rings. The second kappa shape index (κ2) is 21.0. The molecule has 4 aromatic carbocycles. The minimum absolute atomic E-state index is 0.00296. The van der Waals surface area contributed by atoms with Crippen molar-refractivity contribution in [2.75, 3.05) is 27.4 Å². The maximum absolute atomic E-state index is 13.7. The van der Waals surface area contributed by atoms with E-state index in [1.54, 1.807) is 14.2 Å². The van der Waals surface area contributed by atoms with Gasteiger partial charge in [0.15, 0.2) is 12.0 Å². The van der Waals surface area contributed by atoms with Gasteiger partial charge in [0.2, 0.25) is 5.91 Å². The fourth-order valence-corrected chi connectivity index (χ4v) is 9.36. The first-order valence-corrected chi connectivity index (χ1v) is 21.3. The molecule has 4 aromatic rings. The van der Waals surface area contributed by atoms with Gasteiger partial charge in [0, 0.05) is 18.3 Å². The summed E-state index contributed by atoms with van der Waals surface area (Å²) >= 11 is 0. The number of rotatable bonds is 20. The highest BCUT2D eigenvalue weighted by Gasteiger charge is 2.53. The van der Waals surface area contributed by atoms with Gasteiger partial charge in [0.25, 0.3) is 8.53 Å². The van der Waals surface area contributed by atoms with Crippen molar-refractivity contribution in [3.05, 3.63) is 144 Å². The van der Waals surface area contributed by atoms with Crippen LogP contribution in [-0.2, 0) is 45.1 Å². The van der Waals surface area contributed by atoms with E-state index in [1.165, 1.54) is 17.2 Å². The summed E-state index contributed by atoms with van der Waals surface area (Å²) in [6.45, 7) is 8.54. The van der Waals surface area contributed by atoms with Gasteiger partial charge in [-0.3, -0.25) is 14.5 Å². The zero-order valence-electron chi connectivity index (χ0n) is 35.0. The van der Waals surface area contributed by atoms with Crippen molar-refractivity contribution < 1.29 is 42.3 Å². The zero-order chi connectivity index (χ0) is 42.6. The van der Waals surface area contributed by atoms with E-state index in [1.807, 2.05) is 109 Å². The van der Waals surface area contributed by atoms with E-state index in [2.05, 4.69) is 38.4 Å². The summed E-state index contributed by atoms with van der Waals surface area (Å²) in [6, 6.07) is 37.3. The Hall–Kier alpha value is -4.96. The molecule has 1 fully saturated rings. The van der Waals surface area contributed by atoms with Crippen LogP contribution in [0.15, 0.2) is 121 Å². The lowest BCUT2D eigenvalue weighted by Gasteiger charge is -2.39. The molecule has 316 valence electrons. The average Bonchev–Trinajstić information content (AvgIpc) is 3.59. The molecule has 13 heteroatoms. The third-order valence-corrected chi connectivity index (χ3v) is 12.5. The lowest BCUT2D eigenvalue weighted by molar-refractivity contribution is -0.154. The number of nitriles is 1. The Bertz CT molecular complexity index is 2000. The Morgan fingerprint density at radius 2 is 1.38 bits per heavy atom.